The van der Waals surface area contributed by atoms with E-state index in [-0.39, 0.29) is 23.4 Å². The molecular formula is C26H30N2O3S. The fraction of sp³-hybridized carbons (Fsp3) is 0.269. The molecule has 1 N–H and O–H groups in total. The van der Waals surface area contributed by atoms with Crippen LogP contribution in [-0.2, 0) is 14.8 Å². The third-order valence-electron chi connectivity index (χ3n) is 5.70. The van der Waals surface area contributed by atoms with E-state index in [0.29, 0.717) is 5.69 Å². The number of aryl methyl sites for hydroxylation is 3. The summed E-state index contributed by atoms with van der Waals surface area (Å²) in [5.41, 5.74) is 5.35. The normalized spacial score (nSPS) is 12.3. The van der Waals surface area contributed by atoms with Gasteiger partial charge in [0.1, 0.15) is 6.54 Å². The van der Waals surface area contributed by atoms with Gasteiger partial charge >= 0.3 is 0 Å². The molecule has 0 spiro atoms. The van der Waals surface area contributed by atoms with Crippen LogP contribution in [0.25, 0.3) is 0 Å². The van der Waals surface area contributed by atoms with Crippen LogP contribution in [0.4, 0.5) is 5.69 Å². The van der Waals surface area contributed by atoms with E-state index in [4.69, 9.17) is 0 Å². The number of hydrogen-bond donors (Lipinski definition) is 1. The van der Waals surface area contributed by atoms with E-state index >= 15 is 0 Å². The standard InChI is InChI=1S/C26H30N2O3S/c1-18-9-13-23(14-10-18)22(5)27-26(29)17-28(25-8-6-7-20(3)21(25)4)32(30,31)24-15-11-19(2)12-16-24/h6-16,22H,17H2,1-5H3,(H,27,29). The lowest BCUT2D eigenvalue weighted by Crippen LogP contribution is -2.42. The summed E-state index contributed by atoms with van der Waals surface area (Å²) in [6.45, 7) is 9.28. The molecule has 168 valence electrons. The van der Waals surface area contributed by atoms with Crippen molar-refractivity contribution in [2.24, 2.45) is 0 Å². The molecular weight excluding hydrogens is 420 g/mol. The Bertz CT molecular complexity index is 1200. The zero-order valence-corrected chi connectivity index (χ0v) is 20.0. The van der Waals surface area contributed by atoms with Crippen LogP contribution in [0.3, 0.4) is 0 Å². The second-order valence-corrected chi connectivity index (χ2v) is 10.1. The van der Waals surface area contributed by atoms with Crippen LogP contribution in [0.1, 0.15) is 40.8 Å². The summed E-state index contributed by atoms with van der Waals surface area (Å²) < 4.78 is 28.4. The second-order valence-electron chi connectivity index (χ2n) is 8.24. The van der Waals surface area contributed by atoms with E-state index in [9.17, 15) is 13.2 Å². The van der Waals surface area contributed by atoms with Crippen molar-refractivity contribution >= 4 is 21.6 Å². The highest BCUT2D eigenvalue weighted by atomic mass is 32.2. The SMILES string of the molecule is Cc1ccc(C(C)NC(=O)CN(c2cccc(C)c2C)S(=O)(=O)c2ccc(C)cc2)cc1. The maximum Gasteiger partial charge on any atom is 0.264 e. The number of nitrogens with one attached hydrogen (secondary N) is 1. The van der Waals surface area contributed by atoms with Gasteiger partial charge < -0.3 is 5.32 Å². The quantitative estimate of drug-likeness (QED) is 0.551. The summed E-state index contributed by atoms with van der Waals surface area (Å²) in [7, 11) is -3.94. The first-order valence-corrected chi connectivity index (χ1v) is 12.0. The Labute approximate surface area is 191 Å². The Kier molecular flexibility index (Phi) is 7.04. The Hall–Kier alpha value is -3.12. The van der Waals surface area contributed by atoms with Crippen LogP contribution in [0.2, 0.25) is 0 Å². The zero-order valence-electron chi connectivity index (χ0n) is 19.2. The fourth-order valence-corrected chi connectivity index (χ4v) is 4.98. The van der Waals surface area contributed by atoms with Gasteiger partial charge in [-0.3, -0.25) is 9.10 Å². The number of sulfonamides is 1. The largest absolute Gasteiger partial charge is 0.348 e. The van der Waals surface area contributed by atoms with Crippen LogP contribution >= 0.6 is 0 Å². The van der Waals surface area contributed by atoms with Crippen LogP contribution in [0.15, 0.2) is 71.6 Å². The lowest BCUT2D eigenvalue weighted by molar-refractivity contribution is -0.120. The average molecular weight is 451 g/mol. The number of rotatable bonds is 7. The van der Waals surface area contributed by atoms with Crippen molar-refractivity contribution < 1.29 is 13.2 Å². The fourth-order valence-electron chi connectivity index (χ4n) is 3.50. The highest BCUT2D eigenvalue weighted by Gasteiger charge is 2.29. The number of amides is 1. The van der Waals surface area contributed by atoms with E-state index in [0.717, 1.165) is 27.8 Å². The molecule has 1 unspecified atom stereocenters. The summed E-state index contributed by atoms with van der Waals surface area (Å²) in [6.07, 6.45) is 0. The highest BCUT2D eigenvalue weighted by Crippen LogP contribution is 2.28. The molecule has 0 aromatic heterocycles. The summed E-state index contributed by atoms with van der Waals surface area (Å²) >= 11 is 0. The topological polar surface area (TPSA) is 66.5 Å². The molecule has 0 radical (unpaired) electrons. The maximum absolute atomic E-state index is 13.6. The van der Waals surface area contributed by atoms with E-state index in [1.54, 1.807) is 30.3 Å². The lowest BCUT2D eigenvalue weighted by atomic mass is 10.1. The Morgan fingerprint density at radius 1 is 0.875 bits per heavy atom. The number of carbonyl (C=O) groups is 1. The van der Waals surface area contributed by atoms with Crippen molar-refractivity contribution in [2.45, 2.75) is 45.6 Å². The molecule has 6 heteroatoms. The molecule has 0 heterocycles. The molecule has 0 saturated carbocycles. The summed E-state index contributed by atoms with van der Waals surface area (Å²) in [4.78, 5) is 13.1. The molecule has 5 nitrogen and oxygen atoms in total. The molecule has 0 bridgehead atoms. The molecule has 3 aromatic carbocycles. The molecule has 0 aliphatic rings. The highest BCUT2D eigenvalue weighted by molar-refractivity contribution is 7.92. The number of anilines is 1. The summed E-state index contributed by atoms with van der Waals surface area (Å²) in [5, 5.41) is 2.94. The molecule has 32 heavy (non-hydrogen) atoms. The Morgan fingerprint density at radius 3 is 2.03 bits per heavy atom. The van der Waals surface area contributed by atoms with E-state index in [2.05, 4.69) is 5.32 Å². The van der Waals surface area contributed by atoms with Crippen molar-refractivity contribution in [2.75, 3.05) is 10.8 Å². The maximum atomic E-state index is 13.6. The number of benzene rings is 3. The Morgan fingerprint density at radius 2 is 1.44 bits per heavy atom. The summed E-state index contributed by atoms with van der Waals surface area (Å²) in [6, 6.07) is 19.8. The third-order valence-corrected chi connectivity index (χ3v) is 7.47. The first-order valence-electron chi connectivity index (χ1n) is 10.6. The molecule has 3 rings (SSSR count). The van der Waals surface area contributed by atoms with Crippen LogP contribution in [0, 0.1) is 27.7 Å². The van der Waals surface area contributed by atoms with Crippen LogP contribution < -0.4 is 9.62 Å². The van der Waals surface area contributed by atoms with Crippen molar-refractivity contribution in [3.63, 3.8) is 0 Å². The molecule has 1 atom stereocenters. The minimum absolute atomic E-state index is 0.156. The van der Waals surface area contributed by atoms with Gasteiger partial charge in [-0.15, -0.1) is 0 Å². The van der Waals surface area contributed by atoms with Gasteiger partial charge in [0, 0.05) is 0 Å². The molecule has 0 aliphatic heterocycles. The van der Waals surface area contributed by atoms with Gasteiger partial charge in [-0.1, -0.05) is 59.7 Å². The van der Waals surface area contributed by atoms with Gasteiger partial charge in [-0.25, -0.2) is 8.42 Å². The predicted molar refractivity (Wildman–Crippen MR) is 129 cm³/mol. The van der Waals surface area contributed by atoms with E-state index in [1.807, 2.05) is 71.0 Å². The molecule has 0 aliphatic carbocycles. The molecule has 1 amide bonds. The molecule has 0 saturated heterocycles. The van der Waals surface area contributed by atoms with Crippen molar-refractivity contribution in [1.29, 1.82) is 0 Å². The monoisotopic (exact) mass is 450 g/mol. The Balaban J connectivity index is 1.94. The van der Waals surface area contributed by atoms with E-state index < -0.39 is 10.0 Å². The predicted octanol–water partition coefficient (Wildman–Crippen LogP) is 4.99. The minimum atomic E-state index is -3.94. The van der Waals surface area contributed by atoms with Gasteiger partial charge in [0.05, 0.1) is 16.6 Å². The van der Waals surface area contributed by atoms with Crippen molar-refractivity contribution in [3.8, 4) is 0 Å². The lowest BCUT2D eigenvalue weighted by Gasteiger charge is -2.27. The van der Waals surface area contributed by atoms with Crippen molar-refractivity contribution in [1.82, 2.24) is 5.32 Å². The first kappa shape index (κ1) is 23.5. The molecule has 0 fully saturated rings. The van der Waals surface area contributed by atoms with E-state index in [1.165, 1.54) is 4.31 Å². The van der Waals surface area contributed by atoms with Gasteiger partial charge in [0.15, 0.2) is 0 Å². The van der Waals surface area contributed by atoms with Crippen LogP contribution in [-0.4, -0.2) is 20.9 Å². The number of nitrogens with zero attached hydrogens (tertiary/aromatic N) is 1. The number of carbonyl (C=O) groups excluding carboxylic acids is 1. The smallest absolute Gasteiger partial charge is 0.264 e. The average Bonchev–Trinajstić information content (AvgIpc) is 2.75. The minimum Gasteiger partial charge on any atom is -0.348 e. The van der Waals surface area contributed by atoms with Gasteiger partial charge in [-0.05, 0) is 69.5 Å². The second kappa shape index (κ2) is 9.57. The summed E-state index contributed by atoms with van der Waals surface area (Å²) in [5.74, 6) is -0.366. The van der Waals surface area contributed by atoms with Crippen LogP contribution in [0.5, 0.6) is 0 Å². The van der Waals surface area contributed by atoms with Gasteiger partial charge in [0.25, 0.3) is 10.0 Å². The molecule has 3 aromatic rings. The zero-order chi connectivity index (χ0) is 23.5. The van der Waals surface area contributed by atoms with Gasteiger partial charge in [-0.2, -0.15) is 0 Å². The number of hydrogen-bond acceptors (Lipinski definition) is 3. The van der Waals surface area contributed by atoms with Crippen molar-refractivity contribution in [3.05, 3.63) is 94.5 Å². The third kappa shape index (κ3) is 5.19. The van der Waals surface area contributed by atoms with Gasteiger partial charge in [0.2, 0.25) is 5.91 Å². The first-order chi connectivity index (χ1) is 15.1.